The Kier molecular flexibility index (Phi) is 3.38. The first-order chi connectivity index (χ1) is 8.28. The summed E-state index contributed by atoms with van der Waals surface area (Å²) in [5.41, 5.74) is 6.34. The van der Waals surface area contributed by atoms with E-state index in [-0.39, 0.29) is 11.4 Å². The second-order valence-electron chi connectivity index (χ2n) is 5.19. The number of nitrogens with one attached hydrogen (secondary N) is 1. The molecule has 0 radical (unpaired) electrons. The smallest absolute Gasteiger partial charge is 0.263 e. The third-order valence-electron chi connectivity index (χ3n) is 2.39. The number of nitrogens with two attached hydrogens (primary N) is 1. The molecule has 18 heavy (non-hydrogen) atoms. The minimum Gasteiger partial charge on any atom is -0.397 e. The molecular formula is C13H15BrN2OS. The zero-order valence-corrected chi connectivity index (χ0v) is 12.9. The average molecular weight is 327 g/mol. The van der Waals surface area contributed by atoms with Gasteiger partial charge in [-0.05, 0) is 32.9 Å². The zero-order chi connectivity index (χ0) is 13.5. The summed E-state index contributed by atoms with van der Waals surface area (Å²) >= 11 is 4.84. The highest BCUT2D eigenvalue weighted by Gasteiger charge is 2.20. The van der Waals surface area contributed by atoms with Crippen LogP contribution in [0.5, 0.6) is 0 Å². The highest BCUT2D eigenvalue weighted by molar-refractivity contribution is 9.10. The quantitative estimate of drug-likeness (QED) is 0.838. The van der Waals surface area contributed by atoms with Crippen molar-refractivity contribution < 1.29 is 4.79 Å². The van der Waals surface area contributed by atoms with Crippen LogP contribution in [0.3, 0.4) is 0 Å². The molecule has 0 spiro atoms. The van der Waals surface area contributed by atoms with Crippen molar-refractivity contribution >= 4 is 48.9 Å². The third-order valence-corrected chi connectivity index (χ3v) is 4.05. The van der Waals surface area contributed by atoms with Crippen molar-refractivity contribution in [3.05, 3.63) is 27.5 Å². The molecule has 1 aromatic carbocycles. The van der Waals surface area contributed by atoms with Gasteiger partial charge in [-0.25, -0.2) is 0 Å². The Morgan fingerprint density at radius 1 is 1.39 bits per heavy atom. The van der Waals surface area contributed by atoms with Crippen LogP contribution in [0, 0.1) is 0 Å². The van der Waals surface area contributed by atoms with E-state index in [1.807, 2.05) is 39.0 Å². The van der Waals surface area contributed by atoms with Gasteiger partial charge in [0, 0.05) is 20.1 Å². The van der Waals surface area contributed by atoms with Gasteiger partial charge >= 0.3 is 0 Å². The first kappa shape index (κ1) is 13.4. The van der Waals surface area contributed by atoms with Crippen molar-refractivity contribution in [1.29, 1.82) is 0 Å². The Morgan fingerprint density at radius 3 is 2.67 bits per heavy atom. The van der Waals surface area contributed by atoms with Gasteiger partial charge in [0.1, 0.15) is 4.88 Å². The number of hydrogen-bond acceptors (Lipinski definition) is 3. The van der Waals surface area contributed by atoms with Crippen molar-refractivity contribution in [2.45, 2.75) is 26.3 Å². The van der Waals surface area contributed by atoms with E-state index in [2.05, 4.69) is 21.2 Å². The number of nitrogen functional groups attached to an aromatic ring is 1. The SMILES string of the molecule is CC(C)(C)NC(=O)c1sc2cc(Br)ccc2c1N. The molecule has 1 heterocycles. The van der Waals surface area contributed by atoms with Crippen LogP contribution < -0.4 is 11.1 Å². The predicted octanol–water partition coefficient (Wildman–Crippen LogP) is 3.77. The van der Waals surface area contributed by atoms with Gasteiger partial charge in [0.05, 0.1) is 5.69 Å². The molecule has 1 aromatic heterocycles. The Hall–Kier alpha value is -1.07. The lowest BCUT2D eigenvalue weighted by Crippen LogP contribution is -2.40. The van der Waals surface area contributed by atoms with Gasteiger partial charge in [0.25, 0.3) is 5.91 Å². The summed E-state index contributed by atoms with van der Waals surface area (Å²) in [7, 11) is 0. The summed E-state index contributed by atoms with van der Waals surface area (Å²) in [5, 5.41) is 3.86. The largest absolute Gasteiger partial charge is 0.397 e. The topological polar surface area (TPSA) is 55.1 Å². The van der Waals surface area contributed by atoms with Crippen molar-refractivity contribution in [3.8, 4) is 0 Å². The number of thiophene rings is 1. The standard InChI is InChI=1S/C13H15BrN2OS/c1-13(2,3)16-12(17)11-10(15)8-5-4-7(14)6-9(8)18-11/h4-6H,15H2,1-3H3,(H,16,17). The normalized spacial score (nSPS) is 11.8. The summed E-state index contributed by atoms with van der Waals surface area (Å²) in [6.07, 6.45) is 0. The Labute approximate surface area is 118 Å². The maximum Gasteiger partial charge on any atom is 0.263 e. The number of carbonyl (C=O) groups excluding carboxylic acids is 1. The Bertz CT molecular complexity index is 613. The van der Waals surface area contributed by atoms with Crippen LogP contribution in [0.1, 0.15) is 30.4 Å². The van der Waals surface area contributed by atoms with E-state index in [9.17, 15) is 4.79 Å². The van der Waals surface area contributed by atoms with Crippen molar-refractivity contribution in [1.82, 2.24) is 5.32 Å². The number of amides is 1. The molecular weight excluding hydrogens is 312 g/mol. The fourth-order valence-electron chi connectivity index (χ4n) is 1.66. The van der Waals surface area contributed by atoms with Crippen molar-refractivity contribution in [3.63, 3.8) is 0 Å². The number of benzene rings is 1. The number of hydrogen-bond donors (Lipinski definition) is 2. The lowest BCUT2D eigenvalue weighted by Gasteiger charge is -2.20. The summed E-state index contributed by atoms with van der Waals surface area (Å²) in [6, 6.07) is 5.83. The maximum atomic E-state index is 12.1. The number of fused-ring (bicyclic) bond motifs is 1. The van der Waals surface area contributed by atoms with E-state index in [0.29, 0.717) is 10.6 Å². The molecule has 0 aliphatic rings. The van der Waals surface area contributed by atoms with Crippen molar-refractivity contribution in [2.24, 2.45) is 0 Å². The number of rotatable bonds is 1. The summed E-state index contributed by atoms with van der Waals surface area (Å²) < 4.78 is 2.00. The van der Waals surface area contributed by atoms with E-state index in [1.54, 1.807) is 0 Å². The van der Waals surface area contributed by atoms with Crippen LogP contribution in [-0.4, -0.2) is 11.4 Å². The third kappa shape index (κ3) is 2.67. The summed E-state index contributed by atoms with van der Waals surface area (Å²) in [4.78, 5) is 12.7. The Balaban J connectivity index is 2.46. The highest BCUT2D eigenvalue weighted by atomic mass is 79.9. The van der Waals surface area contributed by atoms with E-state index in [4.69, 9.17) is 5.73 Å². The summed E-state index contributed by atoms with van der Waals surface area (Å²) in [6.45, 7) is 5.85. The number of carbonyl (C=O) groups is 1. The molecule has 1 amide bonds. The molecule has 2 aromatic rings. The van der Waals surface area contributed by atoms with E-state index < -0.39 is 0 Å². The second-order valence-corrected chi connectivity index (χ2v) is 7.16. The molecule has 0 atom stereocenters. The van der Waals surface area contributed by atoms with Crippen LogP contribution in [-0.2, 0) is 0 Å². The molecule has 2 rings (SSSR count). The van der Waals surface area contributed by atoms with Gasteiger partial charge in [-0.15, -0.1) is 11.3 Å². The predicted molar refractivity (Wildman–Crippen MR) is 81.2 cm³/mol. The Morgan fingerprint density at radius 2 is 2.06 bits per heavy atom. The highest BCUT2D eigenvalue weighted by Crippen LogP contribution is 2.35. The average Bonchev–Trinajstić information content (AvgIpc) is 2.53. The molecule has 3 nitrogen and oxygen atoms in total. The molecule has 0 bridgehead atoms. The van der Waals surface area contributed by atoms with E-state index in [1.165, 1.54) is 11.3 Å². The lowest BCUT2D eigenvalue weighted by atomic mass is 10.1. The lowest BCUT2D eigenvalue weighted by molar-refractivity contribution is 0.0924. The first-order valence-electron chi connectivity index (χ1n) is 5.58. The van der Waals surface area contributed by atoms with E-state index >= 15 is 0 Å². The number of halogens is 1. The van der Waals surface area contributed by atoms with Gasteiger partial charge in [-0.1, -0.05) is 22.0 Å². The van der Waals surface area contributed by atoms with Crippen LogP contribution in [0.25, 0.3) is 10.1 Å². The minimum absolute atomic E-state index is 0.114. The molecule has 3 N–H and O–H groups in total. The molecule has 0 saturated carbocycles. The molecule has 0 fully saturated rings. The van der Waals surface area contributed by atoms with Crippen LogP contribution in [0.15, 0.2) is 22.7 Å². The van der Waals surface area contributed by atoms with Gasteiger partial charge in [-0.3, -0.25) is 4.79 Å². The number of anilines is 1. The summed E-state index contributed by atoms with van der Waals surface area (Å²) in [5.74, 6) is -0.114. The van der Waals surface area contributed by atoms with Crippen LogP contribution in [0.2, 0.25) is 0 Å². The minimum atomic E-state index is -0.264. The molecule has 0 saturated heterocycles. The monoisotopic (exact) mass is 326 g/mol. The van der Waals surface area contributed by atoms with Crippen LogP contribution >= 0.6 is 27.3 Å². The fraction of sp³-hybridized carbons (Fsp3) is 0.308. The molecule has 0 aliphatic heterocycles. The molecule has 0 aliphatic carbocycles. The molecule has 5 heteroatoms. The fourth-order valence-corrected chi connectivity index (χ4v) is 3.23. The molecule has 96 valence electrons. The van der Waals surface area contributed by atoms with Gasteiger partial charge in [-0.2, -0.15) is 0 Å². The van der Waals surface area contributed by atoms with Gasteiger partial charge in [0.15, 0.2) is 0 Å². The van der Waals surface area contributed by atoms with E-state index in [0.717, 1.165) is 14.6 Å². The maximum absolute atomic E-state index is 12.1. The van der Waals surface area contributed by atoms with Gasteiger partial charge < -0.3 is 11.1 Å². The molecule has 0 unspecified atom stereocenters. The zero-order valence-electron chi connectivity index (χ0n) is 10.5. The van der Waals surface area contributed by atoms with Gasteiger partial charge in [0.2, 0.25) is 0 Å². The van der Waals surface area contributed by atoms with Crippen molar-refractivity contribution in [2.75, 3.05) is 5.73 Å². The van der Waals surface area contributed by atoms with Crippen LogP contribution in [0.4, 0.5) is 5.69 Å². The second kappa shape index (κ2) is 4.55. The first-order valence-corrected chi connectivity index (χ1v) is 7.19.